The Balaban J connectivity index is 0.000000316. The number of nitrogens with zero attached hydrogens (tertiary/aromatic N) is 1. The maximum atomic E-state index is 11.5. The monoisotopic (exact) mass is 419 g/mol. The fraction of sp³-hybridized carbons (Fsp3) is 0.167. The molecule has 2 aromatic rings. The minimum absolute atomic E-state index is 0.737. The highest BCUT2D eigenvalue weighted by atomic mass is 79.9. The molecule has 0 spiro atoms. The van der Waals surface area contributed by atoms with Crippen molar-refractivity contribution in [2.75, 3.05) is 19.0 Å². The molecule has 0 fully saturated rings. The van der Waals surface area contributed by atoms with Crippen LogP contribution in [0.5, 0.6) is 0 Å². The molecular formula is C18H18BrN3O2S. The van der Waals surface area contributed by atoms with Gasteiger partial charge in [-0.3, -0.25) is 0 Å². The molecule has 0 aromatic heterocycles. The molecule has 2 N–H and O–H groups in total. The van der Waals surface area contributed by atoms with Crippen LogP contribution in [0.25, 0.3) is 0 Å². The topological polar surface area (TPSA) is 62.7 Å². The summed E-state index contributed by atoms with van der Waals surface area (Å²) in [6, 6.07) is 15.0. The Kier molecular flexibility index (Phi) is 7.67. The number of benzene rings is 2. The largest absolute Gasteiger partial charge is 0.395 e. The Morgan fingerprint density at radius 2 is 2.00 bits per heavy atom. The number of rotatable bonds is 4. The van der Waals surface area contributed by atoms with Gasteiger partial charge in [0.1, 0.15) is 22.2 Å². The second-order valence-corrected chi connectivity index (χ2v) is 7.23. The van der Waals surface area contributed by atoms with Gasteiger partial charge in [0.25, 0.3) is 0 Å². The van der Waals surface area contributed by atoms with Crippen LogP contribution in [0.1, 0.15) is 12.0 Å². The highest BCUT2D eigenvalue weighted by molar-refractivity contribution is 9.18. The predicted molar refractivity (Wildman–Crippen MR) is 107 cm³/mol. The third-order valence-electron chi connectivity index (χ3n) is 3.13. The van der Waals surface area contributed by atoms with E-state index in [9.17, 15) is 4.21 Å². The summed E-state index contributed by atoms with van der Waals surface area (Å²) in [5.74, 6) is 2.60. The van der Waals surface area contributed by atoms with E-state index in [1.807, 2.05) is 48.5 Å². The first-order valence-corrected chi connectivity index (χ1v) is 9.44. The fourth-order valence-electron chi connectivity index (χ4n) is 1.92. The number of hydrogen-bond acceptors (Lipinski definition) is 4. The number of hydrogen-bond donors (Lipinski definition) is 2. The van der Waals surface area contributed by atoms with Crippen LogP contribution in [0.4, 0.5) is 11.4 Å². The molecule has 0 aliphatic carbocycles. The standard InChI is InChI=1S/C15H14N2OS.C3H4BrNO/c1-3-12-5-4-6-14(11-12)17-13-7-9-15(10-8-13)19(18)16-2;4-3-1-2-6-5-3/h1,4-11,16-17H,2H3;1-2H2. The van der Waals surface area contributed by atoms with E-state index in [0.29, 0.717) is 0 Å². The van der Waals surface area contributed by atoms with Gasteiger partial charge in [-0.25, -0.2) is 8.93 Å². The Bertz CT molecular complexity index is 801. The van der Waals surface area contributed by atoms with Crippen molar-refractivity contribution in [1.29, 1.82) is 0 Å². The molecule has 0 amide bonds. The quantitative estimate of drug-likeness (QED) is 0.741. The van der Waals surface area contributed by atoms with Crippen LogP contribution >= 0.6 is 15.9 Å². The average molecular weight is 420 g/mol. The second-order valence-electron chi connectivity index (χ2n) is 4.90. The summed E-state index contributed by atoms with van der Waals surface area (Å²) in [5.41, 5.74) is 2.68. The van der Waals surface area contributed by atoms with Gasteiger partial charge in [-0.1, -0.05) is 17.1 Å². The van der Waals surface area contributed by atoms with Gasteiger partial charge in [-0.15, -0.1) is 6.42 Å². The van der Waals surface area contributed by atoms with Gasteiger partial charge in [-0.2, -0.15) is 0 Å². The maximum absolute atomic E-state index is 11.5. The van der Waals surface area contributed by atoms with Crippen LogP contribution in [-0.4, -0.2) is 22.5 Å². The molecule has 1 aliphatic heterocycles. The minimum Gasteiger partial charge on any atom is -0.395 e. The van der Waals surface area contributed by atoms with Gasteiger partial charge in [0, 0.05) is 23.4 Å². The maximum Gasteiger partial charge on any atom is 0.126 e. The molecule has 0 saturated heterocycles. The Hall–Kier alpha value is -2.14. The fourth-order valence-corrected chi connectivity index (χ4v) is 2.81. The zero-order valence-corrected chi connectivity index (χ0v) is 16.1. The molecule has 0 saturated carbocycles. The van der Waals surface area contributed by atoms with Gasteiger partial charge < -0.3 is 10.2 Å². The Morgan fingerprint density at radius 3 is 2.52 bits per heavy atom. The van der Waals surface area contributed by atoms with Crippen molar-refractivity contribution in [3.8, 4) is 12.3 Å². The van der Waals surface area contributed by atoms with Crippen LogP contribution in [0.2, 0.25) is 0 Å². The summed E-state index contributed by atoms with van der Waals surface area (Å²) in [6.07, 6.45) is 6.29. The van der Waals surface area contributed by atoms with E-state index in [0.717, 1.165) is 39.5 Å². The zero-order valence-electron chi connectivity index (χ0n) is 13.7. The molecule has 0 radical (unpaired) electrons. The van der Waals surface area contributed by atoms with Crippen molar-refractivity contribution < 1.29 is 9.05 Å². The number of anilines is 2. The van der Waals surface area contributed by atoms with E-state index in [-0.39, 0.29) is 0 Å². The van der Waals surface area contributed by atoms with Gasteiger partial charge >= 0.3 is 0 Å². The third kappa shape index (κ3) is 6.35. The first kappa shape index (κ1) is 19.2. The molecule has 130 valence electrons. The smallest absolute Gasteiger partial charge is 0.126 e. The summed E-state index contributed by atoms with van der Waals surface area (Å²) in [5, 5.41) is 6.82. The van der Waals surface area contributed by atoms with E-state index in [4.69, 9.17) is 6.42 Å². The summed E-state index contributed by atoms with van der Waals surface area (Å²) < 4.78 is 15.1. The molecule has 5 nitrogen and oxygen atoms in total. The van der Waals surface area contributed by atoms with Gasteiger partial charge in [-0.05, 0) is 65.4 Å². The molecular weight excluding hydrogens is 402 g/mol. The van der Waals surface area contributed by atoms with E-state index in [1.54, 1.807) is 7.05 Å². The first-order chi connectivity index (χ1) is 12.1. The van der Waals surface area contributed by atoms with Gasteiger partial charge in [0.15, 0.2) is 0 Å². The van der Waals surface area contributed by atoms with Crippen LogP contribution < -0.4 is 10.0 Å². The van der Waals surface area contributed by atoms with Crippen molar-refractivity contribution in [3.05, 3.63) is 54.1 Å². The molecule has 3 rings (SSSR count). The molecule has 0 bridgehead atoms. The lowest BCUT2D eigenvalue weighted by Gasteiger charge is -2.07. The molecule has 7 heteroatoms. The molecule has 1 aliphatic rings. The van der Waals surface area contributed by atoms with Gasteiger partial charge in [0.2, 0.25) is 0 Å². The van der Waals surface area contributed by atoms with E-state index in [1.165, 1.54) is 0 Å². The molecule has 25 heavy (non-hydrogen) atoms. The average Bonchev–Trinajstić information content (AvgIpc) is 3.13. The normalized spacial score (nSPS) is 13.6. The summed E-state index contributed by atoms with van der Waals surface area (Å²) in [7, 11) is 0.506. The molecule has 1 unspecified atom stereocenters. The van der Waals surface area contributed by atoms with E-state index >= 15 is 0 Å². The van der Waals surface area contributed by atoms with Crippen molar-refractivity contribution in [3.63, 3.8) is 0 Å². The zero-order chi connectivity index (χ0) is 18.1. The van der Waals surface area contributed by atoms with Crippen molar-refractivity contribution in [2.24, 2.45) is 5.16 Å². The first-order valence-electron chi connectivity index (χ1n) is 7.49. The highest BCUT2D eigenvalue weighted by Gasteiger charge is 2.01. The SMILES string of the molecule is BrC1=NOCC1.C#Cc1cccc(Nc2ccc(S(=O)NC)cc2)c1. The van der Waals surface area contributed by atoms with E-state index < -0.39 is 11.0 Å². The lowest BCUT2D eigenvalue weighted by atomic mass is 10.2. The van der Waals surface area contributed by atoms with Crippen molar-refractivity contribution in [2.45, 2.75) is 11.3 Å². The van der Waals surface area contributed by atoms with Crippen LogP contribution in [-0.2, 0) is 15.8 Å². The summed E-state index contributed by atoms with van der Waals surface area (Å²) in [4.78, 5) is 5.34. The number of nitrogens with one attached hydrogen (secondary N) is 2. The number of halogens is 1. The minimum atomic E-state index is -1.15. The van der Waals surface area contributed by atoms with Crippen molar-refractivity contribution >= 4 is 42.9 Å². The van der Waals surface area contributed by atoms with E-state index in [2.05, 4.69) is 41.9 Å². The van der Waals surface area contributed by atoms with Gasteiger partial charge in [0.05, 0.1) is 4.90 Å². The Labute approximate surface area is 158 Å². The lowest BCUT2D eigenvalue weighted by molar-refractivity contribution is 0.174. The molecule has 2 aromatic carbocycles. The van der Waals surface area contributed by atoms with Crippen LogP contribution in [0.15, 0.2) is 58.6 Å². The molecule has 1 heterocycles. The van der Waals surface area contributed by atoms with Crippen LogP contribution in [0.3, 0.4) is 0 Å². The van der Waals surface area contributed by atoms with Crippen LogP contribution in [0, 0.1) is 12.3 Å². The summed E-state index contributed by atoms with van der Waals surface area (Å²) >= 11 is 3.16. The molecule has 1 atom stereocenters. The lowest BCUT2D eigenvalue weighted by Crippen LogP contribution is -2.10. The number of oxime groups is 1. The Morgan fingerprint density at radius 1 is 1.24 bits per heavy atom. The summed E-state index contributed by atoms with van der Waals surface area (Å²) in [6.45, 7) is 0.737. The van der Waals surface area contributed by atoms with Crippen molar-refractivity contribution in [1.82, 2.24) is 4.72 Å². The predicted octanol–water partition coefficient (Wildman–Crippen LogP) is 3.77. The number of terminal acetylenes is 1. The highest BCUT2D eigenvalue weighted by Crippen LogP contribution is 2.18. The third-order valence-corrected chi connectivity index (χ3v) is 4.75. The second kappa shape index (κ2) is 9.99.